The largest absolute Gasteiger partial charge is 0.435 e. The molecule has 1 amide bonds. The Balaban J connectivity index is 2.81. The summed E-state index contributed by atoms with van der Waals surface area (Å²) in [5, 5.41) is 3.70. The van der Waals surface area contributed by atoms with Gasteiger partial charge < -0.3 is 10.1 Å². The molecule has 1 rings (SSSR count). The van der Waals surface area contributed by atoms with Crippen LogP contribution in [0, 0.1) is 0 Å². The lowest BCUT2D eigenvalue weighted by atomic mass is 9.95. The fraction of sp³-hybridized carbons (Fsp3) is 0.500. The van der Waals surface area contributed by atoms with Crippen molar-refractivity contribution in [3.8, 4) is 5.75 Å². The van der Waals surface area contributed by atoms with Crippen LogP contribution in [0.5, 0.6) is 5.75 Å². The first-order valence-electron chi connectivity index (χ1n) is 6.33. The summed E-state index contributed by atoms with van der Waals surface area (Å²) < 4.78 is 28.6. The van der Waals surface area contributed by atoms with Crippen molar-refractivity contribution >= 4 is 21.8 Å². The normalized spacial score (nSPS) is 13.9. The first kappa shape index (κ1) is 16.9. The molecule has 1 aromatic carbocycles. The summed E-state index contributed by atoms with van der Waals surface area (Å²) in [5.41, 5.74) is -0.0300. The van der Waals surface area contributed by atoms with Gasteiger partial charge in [0.25, 0.3) is 5.91 Å². The maximum atomic E-state index is 12.2. The lowest BCUT2D eigenvalue weighted by Crippen LogP contribution is -2.45. The summed E-state index contributed by atoms with van der Waals surface area (Å²) in [7, 11) is 0. The zero-order chi connectivity index (χ0) is 15.2. The predicted molar refractivity (Wildman–Crippen MR) is 77.6 cm³/mol. The minimum absolute atomic E-state index is 0.0219. The third kappa shape index (κ3) is 5.07. The molecule has 1 aromatic rings. The van der Waals surface area contributed by atoms with Crippen molar-refractivity contribution in [1.82, 2.24) is 5.32 Å². The van der Waals surface area contributed by atoms with Crippen molar-refractivity contribution in [3.05, 3.63) is 29.8 Å². The van der Waals surface area contributed by atoms with Crippen molar-refractivity contribution in [2.45, 2.75) is 38.8 Å². The van der Waals surface area contributed by atoms with Crippen molar-refractivity contribution in [3.63, 3.8) is 0 Å². The third-order valence-electron chi connectivity index (χ3n) is 3.16. The fourth-order valence-corrected chi connectivity index (χ4v) is 2.57. The fourth-order valence-electron chi connectivity index (χ4n) is 1.70. The first-order chi connectivity index (χ1) is 9.40. The van der Waals surface area contributed by atoms with Gasteiger partial charge in [0, 0.05) is 16.4 Å². The molecule has 0 saturated carbocycles. The average Bonchev–Trinajstić information content (AvgIpc) is 2.38. The van der Waals surface area contributed by atoms with Crippen LogP contribution in [0.2, 0.25) is 0 Å². The number of rotatable bonds is 7. The van der Waals surface area contributed by atoms with Gasteiger partial charge in [-0.2, -0.15) is 8.78 Å². The van der Waals surface area contributed by atoms with Gasteiger partial charge in [-0.05, 0) is 38.0 Å². The second-order valence-electron chi connectivity index (χ2n) is 4.71. The lowest BCUT2D eigenvalue weighted by molar-refractivity contribution is -0.0498. The summed E-state index contributed by atoms with van der Waals surface area (Å²) in [6.07, 6.45) is 1.56. The Hall–Kier alpha value is -1.17. The maximum absolute atomic E-state index is 12.2. The lowest BCUT2D eigenvalue weighted by Gasteiger charge is -2.29. The van der Waals surface area contributed by atoms with Crippen LogP contribution in [-0.2, 0) is 0 Å². The molecule has 0 spiro atoms. The quantitative estimate of drug-likeness (QED) is 0.756. The van der Waals surface area contributed by atoms with Gasteiger partial charge in [-0.15, -0.1) is 0 Å². The maximum Gasteiger partial charge on any atom is 0.387 e. The van der Waals surface area contributed by atoms with E-state index in [4.69, 9.17) is 0 Å². The number of carbonyl (C=O) groups excluding carboxylic acids is 1. The monoisotopic (exact) mass is 349 g/mol. The van der Waals surface area contributed by atoms with Crippen LogP contribution in [0.25, 0.3) is 0 Å². The second-order valence-corrected chi connectivity index (χ2v) is 5.51. The van der Waals surface area contributed by atoms with Crippen molar-refractivity contribution < 1.29 is 18.3 Å². The van der Waals surface area contributed by atoms with E-state index >= 15 is 0 Å². The summed E-state index contributed by atoms with van der Waals surface area (Å²) in [4.78, 5) is 12.2. The molecule has 1 unspecified atom stereocenters. The molecule has 0 aliphatic carbocycles. The van der Waals surface area contributed by atoms with E-state index < -0.39 is 6.61 Å². The molecule has 1 atom stereocenters. The summed E-state index contributed by atoms with van der Waals surface area (Å²) in [6.45, 7) is 1.04. The van der Waals surface area contributed by atoms with Gasteiger partial charge in [0.1, 0.15) is 5.75 Å². The predicted octanol–water partition coefficient (Wildman–Crippen LogP) is 3.97. The van der Waals surface area contributed by atoms with Gasteiger partial charge >= 0.3 is 6.61 Å². The molecule has 0 bridgehead atoms. The molecule has 0 radical (unpaired) electrons. The van der Waals surface area contributed by atoms with Crippen LogP contribution in [0.3, 0.4) is 0 Å². The Bertz CT molecular complexity index is 457. The van der Waals surface area contributed by atoms with Gasteiger partial charge in [0.2, 0.25) is 0 Å². The van der Waals surface area contributed by atoms with E-state index in [1.807, 2.05) is 13.8 Å². The first-order valence-corrected chi connectivity index (χ1v) is 7.45. The molecule has 0 fully saturated rings. The Morgan fingerprint density at radius 1 is 1.50 bits per heavy atom. The minimum atomic E-state index is -2.90. The van der Waals surface area contributed by atoms with Crippen LogP contribution >= 0.6 is 15.9 Å². The van der Waals surface area contributed by atoms with Gasteiger partial charge in [-0.25, -0.2) is 0 Å². The standard InChI is InChI=1S/C14H18BrF2NO2/c1-3-14(2,7-8-15)18-12(19)10-5-4-6-11(9-10)20-13(16)17/h4-6,9,13H,3,7-8H2,1-2H3,(H,18,19). The molecular formula is C14H18BrF2NO2. The molecule has 0 saturated heterocycles. The average molecular weight is 350 g/mol. The Morgan fingerprint density at radius 2 is 2.20 bits per heavy atom. The van der Waals surface area contributed by atoms with Crippen LogP contribution in [0.1, 0.15) is 37.0 Å². The van der Waals surface area contributed by atoms with E-state index in [1.54, 1.807) is 6.07 Å². The van der Waals surface area contributed by atoms with Crippen LogP contribution in [-0.4, -0.2) is 23.4 Å². The topological polar surface area (TPSA) is 38.3 Å². The number of ether oxygens (including phenoxy) is 1. The Morgan fingerprint density at radius 3 is 2.75 bits per heavy atom. The SMILES string of the molecule is CCC(C)(CCBr)NC(=O)c1cccc(OC(F)F)c1. The van der Waals surface area contributed by atoms with E-state index in [0.29, 0.717) is 5.56 Å². The van der Waals surface area contributed by atoms with Gasteiger partial charge in [0.05, 0.1) is 0 Å². The number of carbonyl (C=O) groups is 1. The van der Waals surface area contributed by atoms with Crippen LogP contribution < -0.4 is 10.1 Å². The highest BCUT2D eigenvalue weighted by atomic mass is 79.9. The smallest absolute Gasteiger partial charge is 0.387 e. The van der Waals surface area contributed by atoms with Crippen molar-refractivity contribution in [2.24, 2.45) is 0 Å². The summed E-state index contributed by atoms with van der Waals surface area (Å²) >= 11 is 3.36. The van der Waals surface area contributed by atoms with Gasteiger partial charge in [0.15, 0.2) is 0 Å². The van der Waals surface area contributed by atoms with Crippen molar-refractivity contribution in [1.29, 1.82) is 0 Å². The molecule has 20 heavy (non-hydrogen) atoms. The van der Waals surface area contributed by atoms with E-state index in [2.05, 4.69) is 26.0 Å². The molecule has 6 heteroatoms. The Kier molecular flexibility index (Phi) is 6.39. The highest BCUT2D eigenvalue weighted by molar-refractivity contribution is 9.09. The Labute approximate surface area is 125 Å². The number of alkyl halides is 3. The molecule has 0 heterocycles. The molecule has 3 nitrogen and oxygen atoms in total. The molecule has 112 valence electrons. The second kappa shape index (κ2) is 7.57. The highest BCUT2D eigenvalue weighted by Crippen LogP contribution is 2.19. The minimum Gasteiger partial charge on any atom is -0.435 e. The van der Waals surface area contributed by atoms with Crippen LogP contribution in [0.15, 0.2) is 24.3 Å². The number of benzene rings is 1. The number of halogens is 3. The molecule has 0 aliphatic rings. The zero-order valence-electron chi connectivity index (χ0n) is 11.5. The van der Waals surface area contributed by atoms with E-state index in [9.17, 15) is 13.6 Å². The van der Waals surface area contributed by atoms with E-state index in [-0.39, 0.29) is 17.2 Å². The molecule has 0 aromatic heterocycles. The molecule has 1 N–H and O–H groups in total. The number of amides is 1. The summed E-state index contributed by atoms with van der Waals surface area (Å²) in [6, 6.07) is 5.78. The van der Waals surface area contributed by atoms with E-state index in [1.165, 1.54) is 18.2 Å². The van der Waals surface area contributed by atoms with Gasteiger partial charge in [-0.3, -0.25) is 4.79 Å². The van der Waals surface area contributed by atoms with Crippen LogP contribution in [0.4, 0.5) is 8.78 Å². The molecular weight excluding hydrogens is 332 g/mol. The highest BCUT2D eigenvalue weighted by Gasteiger charge is 2.24. The third-order valence-corrected chi connectivity index (χ3v) is 3.56. The number of nitrogens with one attached hydrogen (secondary N) is 1. The van der Waals surface area contributed by atoms with Gasteiger partial charge in [-0.1, -0.05) is 28.9 Å². The summed E-state index contributed by atoms with van der Waals surface area (Å²) in [5.74, 6) is -0.318. The number of hydrogen-bond acceptors (Lipinski definition) is 2. The van der Waals surface area contributed by atoms with Crippen molar-refractivity contribution in [2.75, 3.05) is 5.33 Å². The zero-order valence-corrected chi connectivity index (χ0v) is 13.0. The molecule has 0 aliphatic heterocycles. The number of hydrogen-bond donors (Lipinski definition) is 1. The van der Waals surface area contributed by atoms with E-state index in [0.717, 1.165) is 18.2 Å².